The molecule has 2 fully saturated rings. The molecule has 1 aromatic carbocycles. The van der Waals surface area contributed by atoms with E-state index in [1.807, 2.05) is 6.21 Å². The van der Waals surface area contributed by atoms with Crippen LogP contribution in [0.15, 0.2) is 29.4 Å². The summed E-state index contributed by atoms with van der Waals surface area (Å²) >= 11 is 5.96. The highest BCUT2D eigenvalue weighted by atomic mass is 35.5. The van der Waals surface area contributed by atoms with Crippen molar-refractivity contribution in [2.75, 3.05) is 0 Å². The maximum Gasteiger partial charge on any atom is 0.272 e. The topological polar surface area (TPSA) is 41.5 Å². The molecule has 1 amide bonds. The average Bonchev–Trinajstić information content (AvgIpc) is 3.01. The van der Waals surface area contributed by atoms with Gasteiger partial charge in [0.1, 0.15) is 0 Å². The SMILES string of the molecule is O=C(NN=CC1CC2CCC1C2)c1ccccc1Cl. The van der Waals surface area contributed by atoms with Gasteiger partial charge in [-0.1, -0.05) is 30.2 Å². The smallest absolute Gasteiger partial charge is 0.267 e. The van der Waals surface area contributed by atoms with Crippen molar-refractivity contribution in [3.63, 3.8) is 0 Å². The van der Waals surface area contributed by atoms with Crippen LogP contribution in [0.5, 0.6) is 0 Å². The lowest BCUT2D eigenvalue weighted by Crippen LogP contribution is -2.20. The number of benzene rings is 1. The molecule has 3 nitrogen and oxygen atoms in total. The second-order valence-corrected chi connectivity index (χ2v) is 5.94. The molecule has 1 aromatic rings. The summed E-state index contributed by atoms with van der Waals surface area (Å²) in [6, 6.07) is 7.00. The van der Waals surface area contributed by atoms with Crippen LogP contribution >= 0.6 is 11.6 Å². The van der Waals surface area contributed by atoms with Gasteiger partial charge in [0.2, 0.25) is 0 Å². The number of carbonyl (C=O) groups is 1. The number of fused-ring (bicyclic) bond motifs is 2. The van der Waals surface area contributed by atoms with E-state index in [1.165, 1.54) is 25.7 Å². The summed E-state index contributed by atoms with van der Waals surface area (Å²) < 4.78 is 0. The minimum atomic E-state index is -0.245. The van der Waals surface area contributed by atoms with Crippen molar-refractivity contribution in [3.8, 4) is 0 Å². The van der Waals surface area contributed by atoms with Crippen LogP contribution in [-0.4, -0.2) is 12.1 Å². The van der Waals surface area contributed by atoms with Crippen molar-refractivity contribution in [3.05, 3.63) is 34.9 Å². The first-order valence-electron chi connectivity index (χ1n) is 6.82. The van der Waals surface area contributed by atoms with E-state index < -0.39 is 0 Å². The van der Waals surface area contributed by atoms with E-state index in [-0.39, 0.29) is 5.91 Å². The molecule has 3 unspecified atom stereocenters. The predicted molar refractivity (Wildman–Crippen MR) is 76.3 cm³/mol. The van der Waals surface area contributed by atoms with Gasteiger partial charge >= 0.3 is 0 Å². The molecule has 2 aliphatic rings. The Bertz CT molecular complexity index is 515. The monoisotopic (exact) mass is 276 g/mol. The Morgan fingerprint density at radius 1 is 1.32 bits per heavy atom. The molecule has 4 heteroatoms. The highest BCUT2D eigenvalue weighted by molar-refractivity contribution is 6.33. The number of nitrogens with zero attached hydrogens (tertiary/aromatic N) is 1. The Labute approximate surface area is 118 Å². The van der Waals surface area contributed by atoms with E-state index in [0.29, 0.717) is 16.5 Å². The molecule has 0 aliphatic heterocycles. The number of hydrazone groups is 1. The summed E-state index contributed by atoms with van der Waals surface area (Å²) in [5.74, 6) is 1.97. The fourth-order valence-electron chi connectivity index (χ4n) is 3.37. The highest BCUT2D eigenvalue weighted by Gasteiger charge is 2.38. The lowest BCUT2D eigenvalue weighted by atomic mass is 9.90. The number of halogens is 1. The minimum absolute atomic E-state index is 0.245. The summed E-state index contributed by atoms with van der Waals surface area (Å²) in [6.07, 6.45) is 7.19. The largest absolute Gasteiger partial charge is 0.272 e. The van der Waals surface area contributed by atoms with Crippen molar-refractivity contribution in [2.45, 2.75) is 25.7 Å². The predicted octanol–water partition coefficient (Wildman–Crippen LogP) is 3.49. The Hall–Kier alpha value is -1.35. The number of carbonyl (C=O) groups excluding carboxylic acids is 1. The van der Waals surface area contributed by atoms with Crippen molar-refractivity contribution < 1.29 is 4.79 Å². The van der Waals surface area contributed by atoms with Crippen LogP contribution in [0.1, 0.15) is 36.0 Å². The van der Waals surface area contributed by atoms with E-state index in [9.17, 15) is 4.79 Å². The molecule has 0 saturated heterocycles. The molecule has 2 aliphatic carbocycles. The van der Waals surface area contributed by atoms with Crippen molar-refractivity contribution in [1.82, 2.24) is 5.43 Å². The Kier molecular flexibility index (Phi) is 3.56. The lowest BCUT2D eigenvalue weighted by molar-refractivity contribution is 0.0955. The van der Waals surface area contributed by atoms with Gasteiger partial charge in [0.15, 0.2) is 0 Å². The third kappa shape index (κ3) is 2.66. The van der Waals surface area contributed by atoms with Gasteiger partial charge in [0.25, 0.3) is 5.91 Å². The maximum absolute atomic E-state index is 11.9. The molecule has 0 aromatic heterocycles. The zero-order valence-corrected chi connectivity index (χ0v) is 11.4. The molecule has 2 bridgehead atoms. The normalized spacial score (nSPS) is 29.0. The summed E-state index contributed by atoms with van der Waals surface area (Å²) in [5.41, 5.74) is 3.04. The second-order valence-electron chi connectivity index (χ2n) is 5.54. The first-order valence-corrected chi connectivity index (χ1v) is 7.20. The van der Waals surface area contributed by atoms with E-state index in [1.54, 1.807) is 24.3 Å². The van der Waals surface area contributed by atoms with Crippen LogP contribution in [-0.2, 0) is 0 Å². The lowest BCUT2D eigenvalue weighted by Gasteiger charge is -2.16. The summed E-state index contributed by atoms with van der Waals surface area (Å²) in [4.78, 5) is 11.9. The molecule has 2 saturated carbocycles. The molecule has 3 rings (SSSR count). The molecular weight excluding hydrogens is 260 g/mol. The summed E-state index contributed by atoms with van der Waals surface area (Å²) in [7, 11) is 0. The fraction of sp³-hybridized carbons (Fsp3) is 0.467. The van der Waals surface area contributed by atoms with E-state index in [0.717, 1.165) is 11.8 Å². The number of rotatable bonds is 3. The van der Waals surface area contributed by atoms with Crippen LogP contribution < -0.4 is 5.43 Å². The average molecular weight is 277 g/mol. The van der Waals surface area contributed by atoms with Gasteiger partial charge < -0.3 is 0 Å². The summed E-state index contributed by atoms with van der Waals surface area (Å²) in [5, 5.41) is 4.56. The van der Waals surface area contributed by atoms with Crippen molar-refractivity contribution >= 4 is 23.7 Å². The molecule has 1 N–H and O–H groups in total. The van der Waals surface area contributed by atoms with Crippen molar-refractivity contribution in [1.29, 1.82) is 0 Å². The van der Waals surface area contributed by atoms with Crippen LogP contribution in [0.4, 0.5) is 0 Å². The van der Waals surface area contributed by atoms with Crippen LogP contribution in [0, 0.1) is 17.8 Å². The third-order valence-electron chi connectivity index (χ3n) is 4.34. The van der Waals surface area contributed by atoms with Gasteiger partial charge in [-0.2, -0.15) is 5.10 Å². The molecule has 100 valence electrons. The molecular formula is C15H17ClN2O. The third-order valence-corrected chi connectivity index (χ3v) is 4.67. The zero-order valence-electron chi connectivity index (χ0n) is 10.7. The highest BCUT2D eigenvalue weighted by Crippen LogP contribution is 2.47. The van der Waals surface area contributed by atoms with E-state index in [4.69, 9.17) is 11.6 Å². The first-order chi connectivity index (χ1) is 9.24. The second kappa shape index (κ2) is 5.33. The van der Waals surface area contributed by atoms with Gasteiger partial charge in [0.05, 0.1) is 10.6 Å². The molecule has 3 atom stereocenters. The molecule has 0 spiro atoms. The zero-order chi connectivity index (χ0) is 13.2. The number of hydrogen-bond acceptors (Lipinski definition) is 2. The Morgan fingerprint density at radius 3 is 2.84 bits per heavy atom. The number of hydrogen-bond donors (Lipinski definition) is 1. The fourth-order valence-corrected chi connectivity index (χ4v) is 3.60. The Morgan fingerprint density at radius 2 is 2.16 bits per heavy atom. The van der Waals surface area contributed by atoms with Crippen LogP contribution in [0.3, 0.4) is 0 Å². The van der Waals surface area contributed by atoms with Crippen LogP contribution in [0.2, 0.25) is 5.02 Å². The van der Waals surface area contributed by atoms with Gasteiger partial charge in [-0.3, -0.25) is 4.79 Å². The van der Waals surface area contributed by atoms with Crippen molar-refractivity contribution in [2.24, 2.45) is 22.9 Å². The van der Waals surface area contributed by atoms with Gasteiger partial charge in [0, 0.05) is 6.21 Å². The minimum Gasteiger partial charge on any atom is -0.267 e. The number of amides is 1. The molecule has 19 heavy (non-hydrogen) atoms. The quantitative estimate of drug-likeness (QED) is 0.666. The van der Waals surface area contributed by atoms with Gasteiger partial charge in [-0.05, 0) is 49.1 Å². The van der Waals surface area contributed by atoms with Gasteiger partial charge in [-0.15, -0.1) is 0 Å². The number of nitrogens with one attached hydrogen (secondary N) is 1. The first kappa shape index (κ1) is 12.7. The summed E-state index contributed by atoms with van der Waals surface area (Å²) in [6.45, 7) is 0. The van der Waals surface area contributed by atoms with E-state index in [2.05, 4.69) is 10.5 Å². The Balaban J connectivity index is 1.58. The van der Waals surface area contributed by atoms with Crippen LogP contribution in [0.25, 0.3) is 0 Å². The van der Waals surface area contributed by atoms with Gasteiger partial charge in [-0.25, -0.2) is 5.43 Å². The van der Waals surface area contributed by atoms with E-state index >= 15 is 0 Å². The molecule has 0 heterocycles. The maximum atomic E-state index is 11.9. The standard InChI is InChI=1S/C15H17ClN2O/c16-14-4-2-1-3-13(14)15(19)18-17-9-12-8-10-5-6-11(12)7-10/h1-4,9-12H,5-8H2,(H,18,19). The molecule has 0 radical (unpaired) electrons.